The summed E-state index contributed by atoms with van der Waals surface area (Å²) in [7, 11) is 0. The molecule has 2 amide bonds. The van der Waals surface area contributed by atoms with Crippen LogP contribution in [0.2, 0.25) is 0 Å². The summed E-state index contributed by atoms with van der Waals surface area (Å²) in [6.45, 7) is 8.64. The molecule has 1 aliphatic carbocycles. The third-order valence-electron chi connectivity index (χ3n) is 7.87. The van der Waals surface area contributed by atoms with Gasteiger partial charge in [0.25, 0.3) is 5.91 Å². The van der Waals surface area contributed by atoms with Gasteiger partial charge in [-0.1, -0.05) is 113 Å². The van der Waals surface area contributed by atoms with Crippen molar-refractivity contribution < 1.29 is 14.3 Å². The van der Waals surface area contributed by atoms with E-state index in [0.717, 1.165) is 47.9 Å². The zero-order chi connectivity index (χ0) is 28.5. The van der Waals surface area contributed by atoms with Gasteiger partial charge >= 0.3 is 0 Å². The molecule has 0 saturated heterocycles. The first-order valence-electron chi connectivity index (χ1n) is 14.6. The number of carbonyl (C=O) groups excluding carboxylic acids is 2. The highest BCUT2D eigenvalue weighted by Gasteiger charge is 2.32. The third-order valence-corrected chi connectivity index (χ3v) is 7.87. The molecule has 0 unspecified atom stereocenters. The second kappa shape index (κ2) is 13.6. The van der Waals surface area contributed by atoms with E-state index in [1.54, 1.807) is 4.90 Å². The van der Waals surface area contributed by atoms with Crippen LogP contribution in [0.5, 0.6) is 5.75 Å². The number of nitrogens with zero attached hydrogens (tertiary/aromatic N) is 1. The Balaban J connectivity index is 1.64. The maximum absolute atomic E-state index is 14.0. The zero-order valence-electron chi connectivity index (χ0n) is 24.5. The fraction of sp³-hybridized carbons (Fsp3) is 0.429. The Kier molecular flexibility index (Phi) is 10.0. The number of nitrogens with one attached hydrogen (secondary N) is 1. The second-order valence-electron chi connectivity index (χ2n) is 12.0. The molecular formula is C35H44N2O3. The molecule has 0 aromatic heterocycles. The van der Waals surface area contributed by atoms with Gasteiger partial charge in [-0.2, -0.15) is 0 Å². The fourth-order valence-corrected chi connectivity index (χ4v) is 5.50. The molecule has 0 heterocycles. The van der Waals surface area contributed by atoms with Crippen LogP contribution in [-0.4, -0.2) is 35.4 Å². The smallest absolute Gasteiger partial charge is 0.261 e. The van der Waals surface area contributed by atoms with E-state index in [4.69, 9.17) is 4.74 Å². The van der Waals surface area contributed by atoms with Crippen molar-refractivity contribution in [3.8, 4) is 5.75 Å². The average Bonchev–Trinajstić information content (AvgIpc) is 2.95. The van der Waals surface area contributed by atoms with Gasteiger partial charge in [-0.05, 0) is 53.5 Å². The Bertz CT molecular complexity index is 1260. The number of benzene rings is 3. The van der Waals surface area contributed by atoms with E-state index < -0.39 is 6.04 Å². The van der Waals surface area contributed by atoms with Gasteiger partial charge < -0.3 is 15.0 Å². The zero-order valence-corrected chi connectivity index (χ0v) is 24.5. The SMILES string of the molecule is Cc1ccccc1CN(C(=O)COc1ccccc1C(C)(C)C)[C@H](Cc1ccccc1)C(=O)NC1CCCCC1. The third kappa shape index (κ3) is 7.97. The van der Waals surface area contributed by atoms with E-state index in [1.807, 2.05) is 85.8 Å². The minimum absolute atomic E-state index is 0.0900. The highest BCUT2D eigenvalue weighted by atomic mass is 16.5. The topological polar surface area (TPSA) is 58.6 Å². The molecule has 1 fully saturated rings. The quantitative estimate of drug-likeness (QED) is 0.309. The summed E-state index contributed by atoms with van der Waals surface area (Å²) >= 11 is 0. The molecule has 5 nitrogen and oxygen atoms in total. The minimum atomic E-state index is -0.655. The first-order chi connectivity index (χ1) is 19.2. The molecule has 0 bridgehead atoms. The molecule has 3 aromatic carbocycles. The van der Waals surface area contributed by atoms with Crippen molar-refractivity contribution in [1.82, 2.24) is 10.2 Å². The van der Waals surface area contributed by atoms with Crippen LogP contribution in [-0.2, 0) is 28.0 Å². The van der Waals surface area contributed by atoms with Gasteiger partial charge in [0, 0.05) is 19.0 Å². The van der Waals surface area contributed by atoms with Gasteiger partial charge in [0.15, 0.2) is 6.61 Å². The number of para-hydroxylation sites is 1. The van der Waals surface area contributed by atoms with Crippen LogP contribution in [0.3, 0.4) is 0 Å². The number of rotatable bonds is 10. The van der Waals surface area contributed by atoms with Crippen LogP contribution in [0.25, 0.3) is 0 Å². The molecule has 5 heteroatoms. The number of hydrogen-bond donors (Lipinski definition) is 1. The number of hydrogen-bond acceptors (Lipinski definition) is 3. The molecule has 0 radical (unpaired) electrons. The van der Waals surface area contributed by atoms with Crippen LogP contribution < -0.4 is 10.1 Å². The van der Waals surface area contributed by atoms with Crippen molar-refractivity contribution in [3.05, 3.63) is 101 Å². The molecule has 0 spiro atoms. The van der Waals surface area contributed by atoms with Crippen LogP contribution in [0.15, 0.2) is 78.9 Å². The van der Waals surface area contributed by atoms with E-state index in [0.29, 0.717) is 18.7 Å². The molecule has 1 saturated carbocycles. The van der Waals surface area contributed by atoms with Gasteiger partial charge in [0.1, 0.15) is 11.8 Å². The Hall–Kier alpha value is -3.60. The maximum Gasteiger partial charge on any atom is 0.261 e. The molecule has 0 aliphatic heterocycles. The van der Waals surface area contributed by atoms with Gasteiger partial charge in [-0.3, -0.25) is 9.59 Å². The van der Waals surface area contributed by atoms with Crippen molar-refractivity contribution in [2.75, 3.05) is 6.61 Å². The first-order valence-corrected chi connectivity index (χ1v) is 14.6. The number of amides is 2. The fourth-order valence-electron chi connectivity index (χ4n) is 5.50. The Morgan fingerprint density at radius 1 is 0.900 bits per heavy atom. The first kappa shape index (κ1) is 29.4. The van der Waals surface area contributed by atoms with Gasteiger partial charge in [0.05, 0.1) is 0 Å². The van der Waals surface area contributed by atoms with E-state index in [-0.39, 0.29) is 29.9 Å². The largest absolute Gasteiger partial charge is 0.483 e. The van der Waals surface area contributed by atoms with E-state index in [9.17, 15) is 9.59 Å². The summed E-state index contributed by atoms with van der Waals surface area (Å²) in [5.41, 5.74) is 4.05. The lowest BCUT2D eigenvalue weighted by atomic mass is 9.86. The normalized spacial score (nSPS) is 14.8. The summed E-state index contributed by atoms with van der Waals surface area (Å²) in [6.07, 6.45) is 5.88. The van der Waals surface area contributed by atoms with Gasteiger partial charge in [-0.25, -0.2) is 0 Å². The number of carbonyl (C=O) groups is 2. The summed E-state index contributed by atoms with van der Waals surface area (Å²) < 4.78 is 6.18. The van der Waals surface area contributed by atoms with Crippen molar-refractivity contribution in [2.45, 2.75) is 90.3 Å². The lowest BCUT2D eigenvalue weighted by Gasteiger charge is -2.34. The maximum atomic E-state index is 14.0. The van der Waals surface area contributed by atoms with E-state index in [2.05, 4.69) is 26.1 Å². The Morgan fingerprint density at radius 2 is 1.55 bits per heavy atom. The monoisotopic (exact) mass is 540 g/mol. The number of aryl methyl sites for hydroxylation is 1. The molecule has 3 aromatic rings. The molecule has 212 valence electrons. The number of ether oxygens (including phenoxy) is 1. The van der Waals surface area contributed by atoms with Crippen molar-refractivity contribution in [3.63, 3.8) is 0 Å². The van der Waals surface area contributed by atoms with Crippen LogP contribution >= 0.6 is 0 Å². The lowest BCUT2D eigenvalue weighted by Crippen LogP contribution is -2.53. The minimum Gasteiger partial charge on any atom is -0.483 e. The van der Waals surface area contributed by atoms with Crippen molar-refractivity contribution in [1.29, 1.82) is 0 Å². The molecule has 1 aliphatic rings. The van der Waals surface area contributed by atoms with Gasteiger partial charge in [-0.15, -0.1) is 0 Å². The summed E-state index contributed by atoms with van der Waals surface area (Å²) in [5.74, 6) is 0.407. The molecule has 1 N–H and O–H groups in total. The van der Waals surface area contributed by atoms with Crippen LogP contribution in [0, 0.1) is 6.92 Å². The molecule has 4 rings (SSSR count). The predicted molar refractivity (Wildman–Crippen MR) is 161 cm³/mol. The molecule has 40 heavy (non-hydrogen) atoms. The van der Waals surface area contributed by atoms with Crippen molar-refractivity contribution in [2.24, 2.45) is 0 Å². The molecular weight excluding hydrogens is 496 g/mol. The van der Waals surface area contributed by atoms with Gasteiger partial charge in [0.2, 0.25) is 5.91 Å². The summed E-state index contributed by atoms with van der Waals surface area (Å²) in [4.78, 5) is 29.7. The van der Waals surface area contributed by atoms with E-state index in [1.165, 1.54) is 6.42 Å². The summed E-state index contributed by atoms with van der Waals surface area (Å²) in [6, 6.07) is 25.4. The van der Waals surface area contributed by atoms with Crippen LogP contribution in [0.4, 0.5) is 0 Å². The van der Waals surface area contributed by atoms with Crippen molar-refractivity contribution >= 4 is 11.8 Å². The average molecular weight is 541 g/mol. The highest BCUT2D eigenvalue weighted by molar-refractivity contribution is 5.88. The standard InChI is InChI=1S/C35H44N2O3/c1-26-15-11-12-18-28(26)24-37(33(38)25-40-32-22-14-13-21-30(32)35(2,3)4)31(23-27-16-7-5-8-17-27)34(39)36-29-19-9-6-10-20-29/h5,7-8,11-18,21-22,29,31H,6,9-10,19-20,23-25H2,1-4H3,(H,36,39)/t31-/m1/s1. The Morgan fingerprint density at radius 3 is 2.25 bits per heavy atom. The van der Waals surface area contributed by atoms with Crippen LogP contribution in [0.1, 0.15) is 75.1 Å². The second-order valence-corrected chi connectivity index (χ2v) is 12.0. The summed E-state index contributed by atoms with van der Waals surface area (Å²) in [5, 5.41) is 3.30. The predicted octanol–water partition coefficient (Wildman–Crippen LogP) is 6.76. The lowest BCUT2D eigenvalue weighted by molar-refractivity contribution is -0.143. The Labute approximate surface area is 239 Å². The molecule has 1 atom stereocenters. The van der Waals surface area contributed by atoms with E-state index >= 15 is 0 Å². The highest BCUT2D eigenvalue weighted by Crippen LogP contribution is 2.31.